The molecule has 1 aromatic carbocycles. The molecule has 3 fully saturated rings. The van der Waals surface area contributed by atoms with Gasteiger partial charge < -0.3 is 14.9 Å². The summed E-state index contributed by atoms with van der Waals surface area (Å²) in [6.07, 6.45) is 5.90. The van der Waals surface area contributed by atoms with Crippen LogP contribution in [0.25, 0.3) is 10.9 Å². The van der Waals surface area contributed by atoms with Crippen molar-refractivity contribution in [2.75, 3.05) is 19.6 Å². The molecule has 1 aromatic heterocycles. The number of rotatable bonds is 4. The molecule has 27 heavy (non-hydrogen) atoms. The Kier molecular flexibility index (Phi) is 6.03. The number of ether oxygens (including phenoxy) is 1. The van der Waals surface area contributed by atoms with Crippen LogP contribution in [0.1, 0.15) is 12.8 Å². The zero-order valence-electron chi connectivity index (χ0n) is 14.8. The molecule has 2 aromatic rings. The summed E-state index contributed by atoms with van der Waals surface area (Å²) < 4.78 is 6.23. The molecule has 0 saturated carbocycles. The maximum atomic E-state index is 9.55. The lowest BCUT2D eigenvalue weighted by Crippen LogP contribution is -2.52. The van der Waals surface area contributed by atoms with Crippen molar-refractivity contribution >= 4 is 22.8 Å². The van der Waals surface area contributed by atoms with E-state index in [2.05, 4.69) is 22.0 Å². The maximum absolute atomic E-state index is 9.55. The predicted molar refractivity (Wildman–Crippen MR) is 99.7 cm³/mol. The lowest BCUT2D eigenvalue weighted by molar-refractivity contribution is -0.134. The molecule has 1 unspecified atom stereocenters. The van der Waals surface area contributed by atoms with E-state index in [0.29, 0.717) is 18.3 Å². The third-order valence-corrected chi connectivity index (χ3v) is 4.83. The van der Waals surface area contributed by atoms with Crippen LogP contribution in [-0.4, -0.2) is 57.8 Å². The van der Waals surface area contributed by atoms with Gasteiger partial charge in [-0.15, -0.1) is 0 Å². The summed E-state index contributed by atoms with van der Waals surface area (Å²) in [7, 11) is 0. The number of benzene rings is 1. The first-order chi connectivity index (χ1) is 13.0. The number of piperidine rings is 3. The fourth-order valence-electron chi connectivity index (χ4n) is 3.49. The number of carboxylic acids is 2. The molecule has 3 aliphatic heterocycles. The van der Waals surface area contributed by atoms with Gasteiger partial charge in [0.15, 0.2) is 0 Å². The van der Waals surface area contributed by atoms with E-state index in [-0.39, 0.29) is 0 Å². The number of carboxylic acid groups (broad SMARTS) is 2. The van der Waals surface area contributed by atoms with Crippen LogP contribution in [0.15, 0.2) is 48.7 Å². The molecule has 3 aliphatic rings. The van der Waals surface area contributed by atoms with Crippen molar-refractivity contribution in [3.8, 4) is 5.75 Å². The standard InChI is InChI=1S/C16H18N2O.C4H4O4/c1-2-13-10-14(3-4-15(13)17-7-1)19-16-11-18-8-5-12(16)6-9-18;5-3(6)1-2-4(7)8/h1-4,7,10,12,16H,5-6,8-9,11H2;1-2H,(H,5,6)(H,7,8)/b;2-1+. The van der Waals surface area contributed by atoms with E-state index in [9.17, 15) is 9.59 Å². The molecule has 1 atom stereocenters. The number of hydrogen-bond donors (Lipinski definition) is 2. The smallest absolute Gasteiger partial charge is 0.328 e. The van der Waals surface area contributed by atoms with Crippen LogP contribution >= 0.6 is 0 Å². The van der Waals surface area contributed by atoms with Crippen LogP contribution < -0.4 is 4.74 Å². The Bertz CT molecular complexity index is 827. The zero-order valence-corrected chi connectivity index (χ0v) is 14.8. The van der Waals surface area contributed by atoms with E-state index in [1.165, 1.54) is 25.9 Å². The third kappa shape index (κ3) is 5.27. The van der Waals surface area contributed by atoms with Crippen LogP contribution in [0.2, 0.25) is 0 Å². The van der Waals surface area contributed by atoms with E-state index < -0.39 is 11.9 Å². The Morgan fingerprint density at radius 3 is 2.41 bits per heavy atom. The van der Waals surface area contributed by atoms with Crippen LogP contribution in [-0.2, 0) is 9.59 Å². The SMILES string of the molecule is O=C(O)/C=C/C(=O)O.c1cnc2ccc(OC3CN4CCC3CC4)cc2c1. The molecule has 0 radical (unpaired) electrons. The normalized spacial score (nSPS) is 23.6. The van der Waals surface area contributed by atoms with Gasteiger partial charge >= 0.3 is 11.9 Å². The number of carbonyl (C=O) groups is 2. The van der Waals surface area contributed by atoms with Gasteiger partial charge in [-0.1, -0.05) is 6.07 Å². The number of aromatic nitrogens is 1. The van der Waals surface area contributed by atoms with Gasteiger partial charge in [0, 0.05) is 30.3 Å². The zero-order chi connectivity index (χ0) is 19.2. The Hall–Kier alpha value is -2.93. The molecule has 3 saturated heterocycles. The summed E-state index contributed by atoms with van der Waals surface area (Å²) in [5.74, 6) is -0.784. The number of aliphatic carboxylic acids is 2. The first kappa shape index (κ1) is 18.8. The summed E-state index contributed by atoms with van der Waals surface area (Å²) in [5.41, 5.74) is 1.03. The topological polar surface area (TPSA) is 100.0 Å². The average molecular weight is 370 g/mol. The maximum Gasteiger partial charge on any atom is 0.328 e. The highest BCUT2D eigenvalue weighted by Crippen LogP contribution is 2.31. The molecule has 0 spiro atoms. The highest BCUT2D eigenvalue weighted by molar-refractivity contribution is 5.89. The molecular weight excluding hydrogens is 348 g/mol. The van der Waals surface area contributed by atoms with Crippen LogP contribution in [0, 0.1) is 5.92 Å². The molecule has 4 heterocycles. The first-order valence-corrected chi connectivity index (χ1v) is 8.89. The minimum atomic E-state index is -1.26. The van der Waals surface area contributed by atoms with Gasteiger partial charge in [0.05, 0.1) is 5.52 Å². The molecule has 0 aliphatic carbocycles. The number of nitrogens with zero attached hydrogens (tertiary/aromatic N) is 2. The van der Waals surface area contributed by atoms with E-state index in [4.69, 9.17) is 14.9 Å². The van der Waals surface area contributed by atoms with Gasteiger partial charge in [0.1, 0.15) is 11.9 Å². The van der Waals surface area contributed by atoms with Crippen molar-refractivity contribution in [2.24, 2.45) is 5.92 Å². The highest BCUT2D eigenvalue weighted by atomic mass is 16.5. The van der Waals surface area contributed by atoms with Crippen molar-refractivity contribution < 1.29 is 24.5 Å². The number of hydrogen-bond acceptors (Lipinski definition) is 5. The van der Waals surface area contributed by atoms with Crippen molar-refractivity contribution in [2.45, 2.75) is 18.9 Å². The van der Waals surface area contributed by atoms with Gasteiger partial charge in [-0.25, -0.2) is 9.59 Å². The fraction of sp³-hybridized carbons (Fsp3) is 0.350. The molecule has 0 amide bonds. The molecule has 142 valence electrons. The van der Waals surface area contributed by atoms with Crippen LogP contribution in [0.3, 0.4) is 0 Å². The average Bonchev–Trinajstić information content (AvgIpc) is 2.68. The Balaban J connectivity index is 0.000000226. The predicted octanol–water partition coefficient (Wildman–Crippen LogP) is 2.42. The van der Waals surface area contributed by atoms with Crippen molar-refractivity contribution in [1.29, 1.82) is 0 Å². The Morgan fingerprint density at radius 2 is 1.81 bits per heavy atom. The van der Waals surface area contributed by atoms with E-state index in [0.717, 1.165) is 29.1 Å². The van der Waals surface area contributed by atoms with Gasteiger partial charge in [-0.3, -0.25) is 9.88 Å². The van der Waals surface area contributed by atoms with Crippen molar-refractivity contribution in [3.05, 3.63) is 48.7 Å². The van der Waals surface area contributed by atoms with Gasteiger partial charge in [0.25, 0.3) is 0 Å². The van der Waals surface area contributed by atoms with Gasteiger partial charge in [-0.05, 0) is 56.1 Å². The lowest BCUT2D eigenvalue weighted by Gasteiger charge is -2.44. The summed E-state index contributed by atoms with van der Waals surface area (Å²) in [5, 5.41) is 16.8. The minimum absolute atomic E-state index is 0.372. The number of pyridine rings is 1. The van der Waals surface area contributed by atoms with Crippen LogP contribution in [0.5, 0.6) is 5.75 Å². The van der Waals surface area contributed by atoms with Gasteiger partial charge in [0.2, 0.25) is 0 Å². The highest BCUT2D eigenvalue weighted by Gasteiger charge is 2.35. The molecule has 7 heteroatoms. The monoisotopic (exact) mass is 370 g/mol. The van der Waals surface area contributed by atoms with E-state index in [1.807, 2.05) is 24.4 Å². The number of fused-ring (bicyclic) bond motifs is 4. The van der Waals surface area contributed by atoms with E-state index in [1.54, 1.807) is 0 Å². The Morgan fingerprint density at radius 1 is 1.11 bits per heavy atom. The summed E-state index contributed by atoms with van der Waals surface area (Å²) in [6.45, 7) is 3.61. The second-order valence-electron chi connectivity index (χ2n) is 6.66. The summed E-state index contributed by atoms with van der Waals surface area (Å²) in [4.78, 5) is 26.0. The molecule has 7 nitrogen and oxygen atoms in total. The summed E-state index contributed by atoms with van der Waals surface area (Å²) in [6, 6.07) is 10.3. The second kappa shape index (κ2) is 8.64. The third-order valence-electron chi connectivity index (χ3n) is 4.83. The van der Waals surface area contributed by atoms with Crippen molar-refractivity contribution in [3.63, 3.8) is 0 Å². The molecular formula is C20H22N2O5. The fourth-order valence-corrected chi connectivity index (χ4v) is 3.49. The lowest BCUT2D eigenvalue weighted by atomic mass is 9.86. The second-order valence-corrected chi connectivity index (χ2v) is 6.66. The van der Waals surface area contributed by atoms with E-state index >= 15 is 0 Å². The quantitative estimate of drug-likeness (QED) is 0.797. The first-order valence-electron chi connectivity index (χ1n) is 8.89. The van der Waals surface area contributed by atoms with Gasteiger partial charge in [-0.2, -0.15) is 0 Å². The molecule has 5 rings (SSSR count). The van der Waals surface area contributed by atoms with Crippen molar-refractivity contribution in [1.82, 2.24) is 9.88 Å². The summed E-state index contributed by atoms with van der Waals surface area (Å²) >= 11 is 0. The molecule has 2 N–H and O–H groups in total. The Labute approximate surface area is 156 Å². The molecule has 2 bridgehead atoms. The largest absolute Gasteiger partial charge is 0.489 e. The minimum Gasteiger partial charge on any atom is -0.489 e. The van der Waals surface area contributed by atoms with Crippen LogP contribution in [0.4, 0.5) is 0 Å².